The van der Waals surface area contributed by atoms with Crippen molar-refractivity contribution in [1.82, 2.24) is 0 Å². The Kier molecular flexibility index (Phi) is 4.21. The van der Waals surface area contributed by atoms with Crippen LogP contribution in [0.15, 0.2) is 57.7 Å². The third kappa shape index (κ3) is 2.95. The number of para-hydroxylation sites is 2. The molecule has 4 nitrogen and oxygen atoms in total. The number of aryl methyl sites for hydroxylation is 1. The summed E-state index contributed by atoms with van der Waals surface area (Å²) in [7, 11) is 0. The van der Waals surface area contributed by atoms with E-state index >= 15 is 0 Å². The maximum atomic E-state index is 12.6. The molecular weight excluding hydrogens is 302 g/mol. The summed E-state index contributed by atoms with van der Waals surface area (Å²) in [5.41, 5.74) is 2.59. The van der Waals surface area contributed by atoms with Crippen LogP contribution in [0.3, 0.4) is 0 Å². The molecule has 3 rings (SSSR count). The van der Waals surface area contributed by atoms with Gasteiger partial charge in [0, 0.05) is 11.1 Å². The fourth-order valence-electron chi connectivity index (χ4n) is 2.74. The first-order valence-corrected chi connectivity index (χ1v) is 7.91. The van der Waals surface area contributed by atoms with Crippen molar-refractivity contribution in [3.8, 4) is 0 Å². The van der Waals surface area contributed by atoms with Crippen LogP contribution in [0.5, 0.6) is 0 Å². The van der Waals surface area contributed by atoms with Crippen LogP contribution in [0.25, 0.3) is 11.0 Å². The van der Waals surface area contributed by atoms with Gasteiger partial charge in [-0.15, -0.1) is 0 Å². The highest BCUT2D eigenvalue weighted by molar-refractivity contribution is 6.06. The number of amides is 1. The molecule has 0 fully saturated rings. The van der Waals surface area contributed by atoms with Gasteiger partial charge in [0.15, 0.2) is 0 Å². The zero-order valence-corrected chi connectivity index (χ0v) is 13.9. The molecule has 24 heavy (non-hydrogen) atoms. The standard InChI is InChI=1S/C20H19NO3/c1-12(2)15-9-6-7-13(3)18(15)21-19(22)16-11-14-8-4-5-10-17(14)24-20(16)23/h4-12H,1-3H3,(H,21,22). The van der Waals surface area contributed by atoms with Gasteiger partial charge >= 0.3 is 5.63 Å². The van der Waals surface area contributed by atoms with Crippen LogP contribution in [0.4, 0.5) is 5.69 Å². The van der Waals surface area contributed by atoms with Crippen LogP contribution >= 0.6 is 0 Å². The van der Waals surface area contributed by atoms with Crippen molar-refractivity contribution in [2.24, 2.45) is 0 Å². The Morgan fingerprint density at radius 2 is 1.83 bits per heavy atom. The number of hydrogen-bond acceptors (Lipinski definition) is 3. The minimum atomic E-state index is -0.633. The fourth-order valence-corrected chi connectivity index (χ4v) is 2.74. The van der Waals surface area contributed by atoms with Gasteiger partial charge < -0.3 is 9.73 Å². The van der Waals surface area contributed by atoms with Crippen LogP contribution in [-0.2, 0) is 0 Å². The lowest BCUT2D eigenvalue weighted by atomic mass is 9.98. The molecule has 1 amide bonds. The van der Waals surface area contributed by atoms with Gasteiger partial charge in [0.25, 0.3) is 5.91 Å². The van der Waals surface area contributed by atoms with E-state index in [0.29, 0.717) is 5.58 Å². The lowest BCUT2D eigenvalue weighted by molar-refractivity contribution is 0.102. The molecule has 2 aromatic carbocycles. The Balaban J connectivity index is 2.03. The van der Waals surface area contributed by atoms with Gasteiger partial charge in [-0.2, -0.15) is 0 Å². The first kappa shape index (κ1) is 16.0. The molecule has 0 aliphatic rings. The molecular formula is C20H19NO3. The Labute approximate surface area is 140 Å². The highest BCUT2D eigenvalue weighted by Gasteiger charge is 2.17. The zero-order chi connectivity index (χ0) is 17.3. The predicted molar refractivity (Wildman–Crippen MR) is 95.7 cm³/mol. The molecule has 4 heteroatoms. The molecule has 0 unspecified atom stereocenters. The molecule has 0 atom stereocenters. The molecule has 0 bridgehead atoms. The maximum Gasteiger partial charge on any atom is 0.349 e. The average Bonchev–Trinajstić information content (AvgIpc) is 2.55. The summed E-state index contributed by atoms with van der Waals surface area (Å²) in [5, 5.41) is 3.60. The SMILES string of the molecule is Cc1cccc(C(C)C)c1NC(=O)c1cc2ccccc2oc1=O. The van der Waals surface area contributed by atoms with Crippen molar-refractivity contribution >= 4 is 22.6 Å². The fraction of sp³-hybridized carbons (Fsp3) is 0.200. The number of nitrogens with one attached hydrogen (secondary N) is 1. The second-order valence-electron chi connectivity index (χ2n) is 6.13. The summed E-state index contributed by atoms with van der Waals surface area (Å²) in [6.07, 6.45) is 0. The van der Waals surface area contributed by atoms with Gasteiger partial charge in [0.05, 0.1) is 0 Å². The molecule has 0 spiro atoms. The molecule has 1 aromatic heterocycles. The van der Waals surface area contributed by atoms with Gasteiger partial charge in [-0.25, -0.2) is 4.79 Å². The Morgan fingerprint density at radius 1 is 1.08 bits per heavy atom. The number of carbonyl (C=O) groups excluding carboxylic acids is 1. The highest BCUT2D eigenvalue weighted by atomic mass is 16.4. The smallest absolute Gasteiger partial charge is 0.349 e. The van der Waals surface area contributed by atoms with Crippen LogP contribution in [0.2, 0.25) is 0 Å². The van der Waals surface area contributed by atoms with Gasteiger partial charge in [0.2, 0.25) is 0 Å². The van der Waals surface area contributed by atoms with E-state index in [0.717, 1.165) is 22.2 Å². The number of carbonyl (C=O) groups is 1. The molecule has 1 N–H and O–H groups in total. The van der Waals surface area contributed by atoms with E-state index in [9.17, 15) is 9.59 Å². The Hall–Kier alpha value is -2.88. The van der Waals surface area contributed by atoms with Crippen molar-refractivity contribution in [2.75, 3.05) is 5.32 Å². The van der Waals surface area contributed by atoms with E-state index in [4.69, 9.17) is 4.42 Å². The second kappa shape index (κ2) is 6.32. The van der Waals surface area contributed by atoms with Crippen LogP contribution < -0.4 is 10.9 Å². The zero-order valence-electron chi connectivity index (χ0n) is 13.9. The van der Waals surface area contributed by atoms with E-state index in [2.05, 4.69) is 19.2 Å². The van der Waals surface area contributed by atoms with E-state index < -0.39 is 11.5 Å². The molecule has 0 saturated carbocycles. The lowest BCUT2D eigenvalue weighted by Gasteiger charge is -2.16. The van der Waals surface area contributed by atoms with Crippen molar-refractivity contribution in [3.05, 3.63) is 75.6 Å². The summed E-state index contributed by atoms with van der Waals surface area (Å²) in [5.74, 6) is -0.195. The molecule has 0 aliphatic carbocycles. The molecule has 0 aliphatic heterocycles. The van der Waals surface area contributed by atoms with Gasteiger partial charge in [-0.05, 0) is 36.1 Å². The molecule has 122 valence electrons. The lowest BCUT2D eigenvalue weighted by Crippen LogP contribution is -2.22. The number of benzene rings is 2. The van der Waals surface area contributed by atoms with Crippen LogP contribution in [-0.4, -0.2) is 5.91 Å². The summed E-state index contributed by atoms with van der Waals surface area (Å²) >= 11 is 0. The van der Waals surface area contributed by atoms with E-state index in [1.165, 1.54) is 0 Å². The third-order valence-corrected chi connectivity index (χ3v) is 4.05. The van der Waals surface area contributed by atoms with Crippen molar-refractivity contribution < 1.29 is 9.21 Å². The largest absolute Gasteiger partial charge is 0.422 e. The second-order valence-corrected chi connectivity index (χ2v) is 6.13. The molecule has 0 radical (unpaired) electrons. The topological polar surface area (TPSA) is 59.3 Å². The van der Waals surface area contributed by atoms with Crippen molar-refractivity contribution in [3.63, 3.8) is 0 Å². The van der Waals surface area contributed by atoms with E-state index in [-0.39, 0.29) is 11.5 Å². The van der Waals surface area contributed by atoms with Crippen LogP contribution in [0.1, 0.15) is 41.3 Å². The molecule has 3 aromatic rings. The average molecular weight is 321 g/mol. The minimum absolute atomic E-state index is 0.00617. The van der Waals surface area contributed by atoms with Crippen molar-refractivity contribution in [1.29, 1.82) is 0 Å². The summed E-state index contributed by atoms with van der Waals surface area (Å²) in [4.78, 5) is 24.8. The number of rotatable bonds is 3. The highest BCUT2D eigenvalue weighted by Crippen LogP contribution is 2.27. The summed E-state index contributed by atoms with van der Waals surface area (Å²) < 4.78 is 5.24. The molecule has 1 heterocycles. The maximum absolute atomic E-state index is 12.6. The molecule has 0 saturated heterocycles. The Morgan fingerprint density at radius 3 is 2.58 bits per heavy atom. The van der Waals surface area contributed by atoms with Crippen LogP contribution in [0, 0.1) is 6.92 Å². The van der Waals surface area contributed by atoms with Crippen molar-refractivity contribution in [2.45, 2.75) is 26.7 Å². The monoisotopic (exact) mass is 321 g/mol. The quantitative estimate of drug-likeness (QED) is 0.724. The first-order valence-electron chi connectivity index (χ1n) is 7.91. The third-order valence-electron chi connectivity index (χ3n) is 4.05. The normalized spacial score (nSPS) is 11.0. The first-order chi connectivity index (χ1) is 11.5. The van der Waals surface area contributed by atoms with E-state index in [1.54, 1.807) is 18.2 Å². The predicted octanol–water partition coefficient (Wildman–Crippen LogP) is 4.48. The summed E-state index contributed by atoms with van der Waals surface area (Å²) in [6, 6.07) is 14.6. The van der Waals surface area contributed by atoms with E-state index in [1.807, 2.05) is 37.3 Å². The summed E-state index contributed by atoms with van der Waals surface area (Å²) in [6.45, 7) is 6.06. The van der Waals surface area contributed by atoms with Gasteiger partial charge in [-0.3, -0.25) is 4.79 Å². The number of anilines is 1. The number of fused-ring (bicyclic) bond motifs is 1. The van der Waals surface area contributed by atoms with Gasteiger partial charge in [-0.1, -0.05) is 50.2 Å². The van der Waals surface area contributed by atoms with Gasteiger partial charge in [0.1, 0.15) is 11.1 Å². The minimum Gasteiger partial charge on any atom is -0.422 e. The number of hydrogen-bond donors (Lipinski definition) is 1. The Bertz CT molecular complexity index is 970.